The molecular formula is C25H46ClN. The van der Waals surface area contributed by atoms with E-state index in [2.05, 4.69) is 50.2 Å². The second-order valence-corrected chi connectivity index (χ2v) is 8.22. The predicted octanol–water partition coefficient (Wildman–Crippen LogP) is 8.59. The van der Waals surface area contributed by atoms with Gasteiger partial charge in [0.25, 0.3) is 0 Å². The Morgan fingerprint density at radius 1 is 0.593 bits per heavy atom. The smallest absolute Gasteiger partial charge is 0.0393 e. The van der Waals surface area contributed by atoms with Crippen LogP contribution in [0.25, 0.3) is 0 Å². The van der Waals surface area contributed by atoms with E-state index in [4.69, 9.17) is 0 Å². The van der Waals surface area contributed by atoms with Crippen LogP contribution in [0.2, 0.25) is 0 Å². The number of hydrogen-bond acceptors (Lipinski definition) is 1. The van der Waals surface area contributed by atoms with Crippen molar-refractivity contribution in [3.05, 3.63) is 29.8 Å². The summed E-state index contributed by atoms with van der Waals surface area (Å²) < 4.78 is 0. The molecule has 0 heterocycles. The second-order valence-electron chi connectivity index (χ2n) is 8.22. The Kier molecular flexibility index (Phi) is 18.2. The molecule has 0 radical (unpaired) electrons. The van der Waals surface area contributed by atoms with Crippen molar-refractivity contribution in [2.75, 3.05) is 19.0 Å². The maximum absolute atomic E-state index is 2.30. The molecule has 0 aromatic heterocycles. The Balaban J connectivity index is 0.00000676. The van der Waals surface area contributed by atoms with E-state index >= 15 is 0 Å². The van der Waals surface area contributed by atoms with Gasteiger partial charge in [0.2, 0.25) is 0 Å². The highest BCUT2D eigenvalue weighted by Crippen LogP contribution is 2.21. The van der Waals surface area contributed by atoms with Crippen molar-refractivity contribution in [3.8, 4) is 0 Å². The van der Waals surface area contributed by atoms with Crippen LogP contribution in [0.5, 0.6) is 0 Å². The van der Waals surface area contributed by atoms with Gasteiger partial charge in [0.15, 0.2) is 0 Å². The fourth-order valence-corrected chi connectivity index (χ4v) is 3.85. The average Bonchev–Trinajstić information content (AvgIpc) is 2.65. The highest BCUT2D eigenvalue weighted by Gasteiger charge is 2.03. The third-order valence-electron chi connectivity index (χ3n) is 5.52. The van der Waals surface area contributed by atoms with Gasteiger partial charge in [-0.3, -0.25) is 0 Å². The molecule has 0 spiro atoms. The van der Waals surface area contributed by atoms with Crippen LogP contribution in [-0.4, -0.2) is 14.1 Å². The zero-order valence-corrected chi connectivity index (χ0v) is 19.3. The number of aryl methyl sites for hydroxylation is 1. The summed E-state index contributed by atoms with van der Waals surface area (Å²) in [5.41, 5.74) is 2.89. The van der Waals surface area contributed by atoms with Crippen LogP contribution in [0.4, 0.5) is 5.69 Å². The number of nitrogens with zero attached hydrogens (tertiary/aromatic N) is 1. The molecule has 0 atom stereocenters. The summed E-state index contributed by atoms with van der Waals surface area (Å²) in [6.07, 6.45) is 22.8. The number of rotatable bonds is 17. The number of unbranched alkanes of at least 4 members (excludes halogenated alkanes) is 14. The highest BCUT2D eigenvalue weighted by molar-refractivity contribution is 5.85. The minimum absolute atomic E-state index is 0. The Labute approximate surface area is 176 Å². The van der Waals surface area contributed by atoms with Gasteiger partial charge in [0, 0.05) is 19.8 Å². The largest absolute Gasteiger partial charge is 0.377 e. The molecule has 0 N–H and O–H groups in total. The first-order valence-corrected chi connectivity index (χ1v) is 11.5. The minimum atomic E-state index is 0. The molecule has 1 aromatic rings. The molecule has 0 amide bonds. The van der Waals surface area contributed by atoms with Gasteiger partial charge in [0.1, 0.15) is 0 Å². The van der Waals surface area contributed by atoms with Crippen LogP contribution in [-0.2, 0) is 6.42 Å². The van der Waals surface area contributed by atoms with Crippen molar-refractivity contribution in [2.45, 2.75) is 110 Å². The number of anilines is 1. The van der Waals surface area contributed by atoms with Crippen LogP contribution in [0.3, 0.4) is 0 Å². The molecule has 0 fully saturated rings. The molecule has 1 aromatic carbocycles. The van der Waals surface area contributed by atoms with Gasteiger partial charge in [-0.1, -0.05) is 115 Å². The molecular weight excluding hydrogens is 350 g/mol. The van der Waals surface area contributed by atoms with Gasteiger partial charge in [-0.15, -0.1) is 12.4 Å². The van der Waals surface area contributed by atoms with E-state index in [0.717, 1.165) is 0 Å². The number of para-hydroxylation sites is 1. The summed E-state index contributed by atoms with van der Waals surface area (Å²) in [4.78, 5) is 2.24. The molecule has 2 heteroatoms. The van der Waals surface area contributed by atoms with Crippen molar-refractivity contribution in [1.82, 2.24) is 0 Å². The van der Waals surface area contributed by atoms with Gasteiger partial charge in [0.05, 0.1) is 0 Å². The average molecular weight is 396 g/mol. The van der Waals surface area contributed by atoms with Gasteiger partial charge in [-0.05, 0) is 24.5 Å². The normalized spacial score (nSPS) is 10.6. The topological polar surface area (TPSA) is 3.24 Å². The number of hydrogen-bond donors (Lipinski definition) is 0. The standard InChI is InChI=1S/C25H45N.ClH/c1-4-5-6-7-8-9-10-11-12-13-14-15-16-17-18-21-24-22-19-20-23-25(24)26(2)3;/h19-20,22-23H,4-18,21H2,1-3H3;1H. The molecule has 158 valence electrons. The number of halogens is 1. The Morgan fingerprint density at radius 3 is 1.44 bits per heavy atom. The van der Waals surface area contributed by atoms with Crippen molar-refractivity contribution >= 4 is 18.1 Å². The lowest BCUT2D eigenvalue weighted by Gasteiger charge is -2.17. The molecule has 0 aliphatic carbocycles. The molecule has 0 aliphatic rings. The number of benzene rings is 1. The molecule has 1 nitrogen and oxygen atoms in total. The Morgan fingerprint density at radius 2 is 1.00 bits per heavy atom. The van der Waals surface area contributed by atoms with Gasteiger partial charge < -0.3 is 4.90 Å². The van der Waals surface area contributed by atoms with Crippen LogP contribution in [0.15, 0.2) is 24.3 Å². The Hall–Kier alpha value is -0.690. The first kappa shape index (κ1) is 26.3. The lowest BCUT2D eigenvalue weighted by atomic mass is 10.0. The van der Waals surface area contributed by atoms with Crippen LogP contribution < -0.4 is 4.90 Å². The summed E-state index contributed by atoms with van der Waals surface area (Å²) in [5, 5.41) is 0. The van der Waals surface area contributed by atoms with E-state index in [-0.39, 0.29) is 12.4 Å². The highest BCUT2D eigenvalue weighted by atomic mass is 35.5. The predicted molar refractivity (Wildman–Crippen MR) is 127 cm³/mol. The van der Waals surface area contributed by atoms with E-state index in [1.807, 2.05) is 0 Å². The molecule has 0 saturated heterocycles. The van der Waals surface area contributed by atoms with E-state index in [1.54, 1.807) is 0 Å². The minimum Gasteiger partial charge on any atom is -0.377 e. The van der Waals surface area contributed by atoms with E-state index in [0.29, 0.717) is 0 Å². The van der Waals surface area contributed by atoms with Crippen molar-refractivity contribution in [1.29, 1.82) is 0 Å². The first-order chi connectivity index (χ1) is 12.8. The summed E-state index contributed by atoms with van der Waals surface area (Å²) in [7, 11) is 4.29. The summed E-state index contributed by atoms with van der Waals surface area (Å²) >= 11 is 0. The van der Waals surface area contributed by atoms with E-state index < -0.39 is 0 Å². The molecule has 27 heavy (non-hydrogen) atoms. The lowest BCUT2D eigenvalue weighted by Crippen LogP contribution is -2.11. The molecule has 1 rings (SSSR count). The zero-order chi connectivity index (χ0) is 18.9. The van der Waals surface area contributed by atoms with Crippen LogP contribution in [0.1, 0.15) is 109 Å². The second kappa shape index (κ2) is 18.7. The Bertz CT molecular complexity index is 430. The van der Waals surface area contributed by atoms with E-state index in [9.17, 15) is 0 Å². The van der Waals surface area contributed by atoms with Crippen molar-refractivity contribution in [2.24, 2.45) is 0 Å². The maximum Gasteiger partial charge on any atom is 0.0393 e. The first-order valence-electron chi connectivity index (χ1n) is 11.5. The maximum atomic E-state index is 2.30. The van der Waals surface area contributed by atoms with Crippen LogP contribution in [0, 0.1) is 0 Å². The molecule has 0 saturated carbocycles. The lowest BCUT2D eigenvalue weighted by molar-refractivity contribution is 0.532. The third kappa shape index (κ3) is 14.0. The molecule has 0 bridgehead atoms. The van der Waals surface area contributed by atoms with Gasteiger partial charge in [-0.2, -0.15) is 0 Å². The fraction of sp³-hybridized carbons (Fsp3) is 0.760. The van der Waals surface area contributed by atoms with E-state index in [1.165, 1.54) is 114 Å². The molecule has 0 aliphatic heterocycles. The SMILES string of the molecule is CCCCCCCCCCCCCCCCCc1ccccc1N(C)C.Cl. The van der Waals surface area contributed by atoms with Crippen molar-refractivity contribution in [3.63, 3.8) is 0 Å². The quantitative estimate of drug-likeness (QED) is 0.238. The van der Waals surface area contributed by atoms with Gasteiger partial charge in [-0.25, -0.2) is 0 Å². The zero-order valence-electron chi connectivity index (χ0n) is 18.5. The molecule has 0 unspecified atom stereocenters. The third-order valence-corrected chi connectivity index (χ3v) is 5.52. The van der Waals surface area contributed by atoms with Crippen molar-refractivity contribution < 1.29 is 0 Å². The summed E-state index contributed by atoms with van der Waals surface area (Å²) in [6.45, 7) is 2.30. The monoisotopic (exact) mass is 395 g/mol. The fourth-order valence-electron chi connectivity index (χ4n) is 3.85. The summed E-state index contributed by atoms with van der Waals surface area (Å²) in [5.74, 6) is 0. The summed E-state index contributed by atoms with van der Waals surface area (Å²) in [6, 6.07) is 8.85. The van der Waals surface area contributed by atoms with Gasteiger partial charge >= 0.3 is 0 Å². The van der Waals surface area contributed by atoms with Crippen LogP contribution >= 0.6 is 12.4 Å².